The van der Waals surface area contributed by atoms with Gasteiger partial charge in [0.15, 0.2) is 0 Å². The van der Waals surface area contributed by atoms with E-state index in [0.717, 1.165) is 33.8 Å². The number of methoxy groups -OCH3 is 1. The number of nitrogens with one attached hydrogen (secondary N) is 1. The number of nitrogens with zero attached hydrogens (tertiary/aromatic N) is 2. The molecule has 0 saturated heterocycles. The molecule has 3 aromatic carbocycles. The van der Waals surface area contributed by atoms with Gasteiger partial charge < -0.3 is 10.1 Å². The van der Waals surface area contributed by atoms with Crippen molar-refractivity contribution in [1.82, 2.24) is 9.78 Å². The molecule has 29 heavy (non-hydrogen) atoms. The fourth-order valence-electron chi connectivity index (χ4n) is 3.44. The third-order valence-electron chi connectivity index (χ3n) is 4.84. The fourth-order valence-corrected chi connectivity index (χ4v) is 3.44. The van der Waals surface area contributed by atoms with E-state index in [1.54, 1.807) is 7.11 Å². The number of para-hydroxylation sites is 2. The van der Waals surface area contributed by atoms with Crippen LogP contribution in [0.15, 0.2) is 91.1 Å². The Labute approximate surface area is 171 Å². The van der Waals surface area contributed by atoms with Crippen molar-refractivity contribution in [2.75, 3.05) is 12.4 Å². The summed E-state index contributed by atoms with van der Waals surface area (Å²) in [6.07, 6.45) is 4.23. The van der Waals surface area contributed by atoms with E-state index in [-0.39, 0.29) is 6.04 Å². The molecule has 4 rings (SSSR count). The first-order chi connectivity index (χ1) is 14.2. The maximum atomic E-state index is 5.53. The first-order valence-corrected chi connectivity index (χ1v) is 9.63. The quantitative estimate of drug-likeness (QED) is 0.459. The summed E-state index contributed by atoms with van der Waals surface area (Å²) in [5.74, 6) is 0.811. The van der Waals surface area contributed by atoms with Crippen LogP contribution in [0.2, 0.25) is 0 Å². The molecule has 1 radical (unpaired) electrons. The third-order valence-corrected chi connectivity index (χ3v) is 4.84. The van der Waals surface area contributed by atoms with Crippen molar-refractivity contribution in [3.05, 3.63) is 109 Å². The normalized spacial score (nSPS) is 11.8. The predicted molar refractivity (Wildman–Crippen MR) is 118 cm³/mol. The molecule has 0 amide bonds. The van der Waals surface area contributed by atoms with Gasteiger partial charge >= 0.3 is 0 Å². The Kier molecular flexibility index (Phi) is 5.61. The predicted octanol–water partition coefficient (Wildman–Crippen LogP) is 5.50. The third kappa shape index (κ3) is 4.32. The number of ether oxygens (including phenoxy) is 1. The Morgan fingerprint density at radius 2 is 1.55 bits per heavy atom. The van der Waals surface area contributed by atoms with Crippen LogP contribution in [0.3, 0.4) is 0 Å². The van der Waals surface area contributed by atoms with E-state index in [0.29, 0.717) is 0 Å². The monoisotopic (exact) mass is 382 g/mol. The minimum atomic E-state index is -0.0649. The lowest BCUT2D eigenvalue weighted by molar-refractivity contribution is 0.416. The Hall–Kier alpha value is -3.53. The summed E-state index contributed by atoms with van der Waals surface area (Å²) in [5, 5.41) is 8.35. The molecule has 0 aliphatic carbocycles. The summed E-state index contributed by atoms with van der Waals surface area (Å²) in [6.45, 7) is 0. The molecule has 1 unspecified atom stereocenters. The minimum Gasteiger partial charge on any atom is -0.495 e. The zero-order chi connectivity index (χ0) is 20.1. The molecule has 145 valence electrons. The van der Waals surface area contributed by atoms with E-state index in [1.807, 2.05) is 60.3 Å². The Balaban J connectivity index is 1.70. The molecule has 4 nitrogen and oxygen atoms in total. The molecular weight excluding hydrogens is 358 g/mol. The van der Waals surface area contributed by atoms with Crippen LogP contribution < -0.4 is 10.1 Å². The van der Waals surface area contributed by atoms with E-state index in [1.165, 1.54) is 0 Å². The van der Waals surface area contributed by atoms with Crippen LogP contribution in [-0.2, 0) is 7.05 Å². The molecule has 0 aliphatic rings. The van der Waals surface area contributed by atoms with Crippen molar-refractivity contribution < 1.29 is 4.74 Å². The largest absolute Gasteiger partial charge is 0.495 e. The highest BCUT2D eigenvalue weighted by atomic mass is 16.5. The van der Waals surface area contributed by atoms with Gasteiger partial charge in [-0.05, 0) is 23.3 Å². The molecule has 0 fully saturated rings. The topological polar surface area (TPSA) is 39.1 Å². The number of aromatic nitrogens is 2. The van der Waals surface area contributed by atoms with Gasteiger partial charge in [-0.25, -0.2) is 0 Å². The summed E-state index contributed by atoms with van der Waals surface area (Å²) in [6, 6.07) is 28.6. The molecule has 4 aromatic rings. The average Bonchev–Trinajstić information content (AvgIpc) is 3.15. The van der Waals surface area contributed by atoms with E-state index < -0.39 is 0 Å². The van der Waals surface area contributed by atoms with Gasteiger partial charge in [-0.1, -0.05) is 72.8 Å². The lowest BCUT2D eigenvalue weighted by Crippen LogP contribution is -2.13. The second-order valence-electron chi connectivity index (χ2n) is 6.87. The van der Waals surface area contributed by atoms with E-state index >= 15 is 0 Å². The number of rotatable bonds is 7. The summed E-state index contributed by atoms with van der Waals surface area (Å²) in [5.41, 5.74) is 5.29. The lowest BCUT2D eigenvalue weighted by atomic mass is 9.97. The van der Waals surface area contributed by atoms with Crippen LogP contribution in [0.25, 0.3) is 11.1 Å². The highest BCUT2D eigenvalue weighted by Gasteiger charge is 2.19. The van der Waals surface area contributed by atoms with E-state index in [4.69, 9.17) is 9.84 Å². The van der Waals surface area contributed by atoms with Crippen LogP contribution in [0.1, 0.15) is 17.3 Å². The average molecular weight is 382 g/mol. The van der Waals surface area contributed by atoms with Gasteiger partial charge in [0.1, 0.15) is 5.75 Å². The molecule has 0 saturated carbocycles. The van der Waals surface area contributed by atoms with Gasteiger partial charge in [0.25, 0.3) is 0 Å². The summed E-state index contributed by atoms with van der Waals surface area (Å²) >= 11 is 0. The van der Waals surface area contributed by atoms with Gasteiger partial charge in [-0.15, -0.1) is 0 Å². The van der Waals surface area contributed by atoms with Crippen LogP contribution in [0.5, 0.6) is 5.75 Å². The smallest absolute Gasteiger partial charge is 0.141 e. The standard InChI is InChI=1S/C25H24N3O/c1-28-18-21(19-11-5-3-6-12-19)24(27-28)17-23(20-13-7-4-8-14-20)26-22-15-9-10-16-25(22)29-2/h3-18,23,26H,1-2H3. The van der Waals surface area contributed by atoms with Crippen molar-refractivity contribution >= 4 is 5.69 Å². The van der Waals surface area contributed by atoms with Crippen molar-refractivity contribution in [3.8, 4) is 16.9 Å². The first-order valence-electron chi connectivity index (χ1n) is 9.63. The number of hydrogen-bond donors (Lipinski definition) is 1. The molecule has 1 atom stereocenters. The second kappa shape index (κ2) is 8.65. The van der Waals surface area contributed by atoms with E-state index in [9.17, 15) is 0 Å². The SMILES string of the molecule is COc1ccccc1NC([CH]c1nn(C)cc1-c1ccccc1)c1ccccc1. The summed E-state index contributed by atoms with van der Waals surface area (Å²) in [4.78, 5) is 0. The van der Waals surface area contributed by atoms with Gasteiger partial charge in [0, 0.05) is 25.2 Å². The van der Waals surface area contributed by atoms with Crippen molar-refractivity contribution in [2.24, 2.45) is 7.05 Å². The zero-order valence-electron chi connectivity index (χ0n) is 16.6. The summed E-state index contributed by atoms with van der Waals surface area (Å²) < 4.78 is 7.39. The molecule has 0 aliphatic heterocycles. The molecular formula is C25H24N3O. The van der Waals surface area contributed by atoms with Crippen LogP contribution in [-0.4, -0.2) is 16.9 Å². The minimum absolute atomic E-state index is 0.0649. The highest BCUT2D eigenvalue weighted by molar-refractivity contribution is 5.67. The number of benzene rings is 3. The van der Waals surface area contributed by atoms with Crippen molar-refractivity contribution in [2.45, 2.75) is 6.04 Å². The number of anilines is 1. The van der Waals surface area contributed by atoms with Crippen molar-refractivity contribution in [3.63, 3.8) is 0 Å². The number of hydrogen-bond acceptors (Lipinski definition) is 3. The lowest BCUT2D eigenvalue weighted by Gasteiger charge is -2.21. The maximum absolute atomic E-state index is 5.53. The zero-order valence-corrected chi connectivity index (χ0v) is 16.6. The second-order valence-corrected chi connectivity index (χ2v) is 6.87. The summed E-state index contributed by atoms with van der Waals surface area (Å²) in [7, 11) is 3.64. The Bertz CT molecular complexity index is 1060. The number of aryl methyl sites for hydroxylation is 1. The van der Waals surface area contributed by atoms with Crippen LogP contribution in [0.4, 0.5) is 5.69 Å². The maximum Gasteiger partial charge on any atom is 0.141 e. The van der Waals surface area contributed by atoms with Gasteiger partial charge in [0.2, 0.25) is 0 Å². The molecule has 1 aromatic heterocycles. The van der Waals surface area contributed by atoms with Gasteiger partial charge in [0.05, 0.1) is 24.5 Å². The highest BCUT2D eigenvalue weighted by Crippen LogP contribution is 2.33. The van der Waals surface area contributed by atoms with Crippen molar-refractivity contribution in [1.29, 1.82) is 0 Å². The van der Waals surface area contributed by atoms with E-state index in [2.05, 4.69) is 54.3 Å². The first kappa shape index (κ1) is 18.8. The Morgan fingerprint density at radius 1 is 0.897 bits per heavy atom. The van der Waals surface area contributed by atoms with Crippen LogP contribution >= 0.6 is 0 Å². The fraction of sp³-hybridized carbons (Fsp3) is 0.120. The Morgan fingerprint density at radius 3 is 2.28 bits per heavy atom. The molecule has 4 heteroatoms. The molecule has 0 spiro atoms. The van der Waals surface area contributed by atoms with Gasteiger partial charge in [-0.3, -0.25) is 4.68 Å². The molecule has 0 bridgehead atoms. The van der Waals surface area contributed by atoms with Crippen LogP contribution in [0, 0.1) is 6.42 Å². The molecule has 1 N–H and O–H groups in total. The van der Waals surface area contributed by atoms with Gasteiger partial charge in [-0.2, -0.15) is 5.10 Å². The molecule has 1 heterocycles.